The Labute approximate surface area is 146 Å². The summed E-state index contributed by atoms with van der Waals surface area (Å²) in [6, 6.07) is 7.55. The minimum Gasteiger partial charge on any atom is -0.497 e. The number of nitrogens with zero attached hydrogens (tertiary/aromatic N) is 2. The maximum Gasteiger partial charge on any atom is 0.288 e. The van der Waals surface area contributed by atoms with E-state index in [1.54, 1.807) is 18.2 Å². The largest absolute Gasteiger partial charge is 0.497 e. The lowest BCUT2D eigenvalue weighted by molar-refractivity contribution is -1.000. The number of ether oxygens (including phenoxy) is 1. The number of aromatic nitrogens is 1. The van der Waals surface area contributed by atoms with E-state index in [-0.39, 0.29) is 5.91 Å². The summed E-state index contributed by atoms with van der Waals surface area (Å²) in [4.78, 5) is 21.9. The van der Waals surface area contributed by atoms with Gasteiger partial charge in [0.2, 0.25) is 0 Å². The molecule has 0 radical (unpaired) electrons. The number of carbonyl (C=O) groups is 1. The molecule has 1 aromatic carbocycles. The fraction of sp³-hybridized carbons (Fsp3) is 0.412. The summed E-state index contributed by atoms with van der Waals surface area (Å²) in [5.74, 6) is 0.864. The van der Waals surface area contributed by atoms with E-state index in [1.165, 1.54) is 21.1 Å². The molecule has 2 aromatic rings. The number of piperazine rings is 1. The van der Waals surface area contributed by atoms with Crippen molar-refractivity contribution >= 4 is 28.1 Å². The third kappa shape index (κ3) is 3.92. The van der Waals surface area contributed by atoms with E-state index < -0.39 is 0 Å². The number of quaternary nitrogens is 2. The Kier molecular flexibility index (Phi) is 5.44. The molecule has 0 atom stereocenters. The minimum atomic E-state index is 0.0877. The maximum absolute atomic E-state index is 13.0. The van der Waals surface area contributed by atoms with E-state index in [2.05, 4.69) is 12.0 Å². The molecule has 1 saturated heterocycles. The van der Waals surface area contributed by atoms with Crippen LogP contribution in [-0.2, 0) is 4.79 Å². The van der Waals surface area contributed by atoms with Crippen LogP contribution >= 0.6 is 11.3 Å². The Balaban J connectivity index is 1.78. The van der Waals surface area contributed by atoms with Crippen molar-refractivity contribution in [2.45, 2.75) is 0 Å². The number of benzene rings is 1. The molecule has 1 aliphatic rings. The van der Waals surface area contributed by atoms with Crippen molar-refractivity contribution < 1.29 is 19.3 Å². The number of likely N-dealkylation sites (N-methyl/N-ethyl adjacent to an activating group) is 1. The highest BCUT2D eigenvalue weighted by Crippen LogP contribution is 2.28. The molecule has 0 unspecified atom stereocenters. The van der Waals surface area contributed by atoms with Gasteiger partial charge >= 0.3 is 0 Å². The zero-order chi connectivity index (χ0) is 16.9. The molecule has 2 N–H and O–H groups in total. The van der Waals surface area contributed by atoms with E-state index in [1.807, 2.05) is 29.6 Å². The van der Waals surface area contributed by atoms with Gasteiger partial charge < -0.3 is 14.5 Å². The summed E-state index contributed by atoms with van der Waals surface area (Å²) in [6.07, 6.45) is 1.73. The van der Waals surface area contributed by atoms with Gasteiger partial charge in [-0.2, -0.15) is 0 Å². The van der Waals surface area contributed by atoms with Crippen LogP contribution in [0.2, 0.25) is 0 Å². The molecule has 0 bridgehead atoms. The molecule has 1 aromatic heterocycles. The van der Waals surface area contributed by atoms with E-state index in [9.17, 15) is 4.79 Å². The van der Waals surface area contributed by atoms with Gasteiger partial charge in [-0.15, -0.1) is 11.3 Å². The minimum absolute atomic E-state index is 0.0877. The average molecular weight is 348 g/mol. The van der Waals surface area contributed by atoms with Crippen molar-refractivity contribution in [1.82, 2.24) is 4.98 Å². The fourth-order valence-electron chi connectivity index (χ4n) is 2.92. The van der Waals surface area contributed by atoms with Gasteiger partial charge in [0.1, 0.15) is 31.9 Å². The number of amides is 1. The number of carbonyl (C=O) groups excluding carboxylic acids is 1. The standard InChI is InChI=1S/C17H22N4O2S/c1-19-8-10-20(11-9-19)13-16(22)21(17-18-7-12-24-17)14-3-5-15(23-2)6-4-14/h3-7,12H,8-11,13H2,1-2H3/p+2. The van der Waals surface area contributed by atoms with Crippen LogP contribution in [0.1, 0.15) is 0 Å². The van der Waals surface area contributed by atoms with Gasteiger partial charge in [-0.25, -0.2) is 4.98 Å². The molecule has 1 aliphatic heterocycles. The maximum atomic E-state index is 13.0. The zero-order valence-electron chi connectivity index (χ0n) is 14.1. The summed E-state index contributed by atoms with van der Waals surface area (Å²) in [7, 11) is 3.84. The number of thiazole rings is 1. The summed E-state index contributed by atoms with van der Waals surface area (Å²) >= 11 is 1.48. The highest BCUT2D eigenvalue weighted by Gasteiger charge is 2.27. The number of hydrogen-bond acceptors (Lipinski definition) is 4. The fourth-order valence-corrected chi connectivity index (χ4v) is 3.60. The Morgan fingerprint density at radius 1 is 1.25 bits per heavy atom. The molecule has 0 saturated carbocycles. The first kappa shape index (κ1) is 16.9. The third-order valence-corrected chi connectivity index (χ3v) is 5.16. The van der Waals surface area contributed by atoms with E-state index >= 15 is 0 Å². The Hall–Kier alpha value is -1.96. The molecule has 128 valence electrons. The van der Waals surface area contributed by atoms with Crippen LogP contribution < -0.4 is 19.4 Å². The monoisotopic (exact) mass is 348 g/mol. The lowest BCUT2D eigenvalue weighted by Crippen LogP contribution is -3.27. The first-order valence-electron chi connectivity index (χ1n) is 8.18. The molecule has 0 aliphatic carbocycles. The Morgan fingerprint density at radius 3 is 2.54 bits per heavy atom. The van der Waals surface area contributed by atoms with Crippen LogP contribution in [0.4, 0.5) is 10.8 Å². The molecule has 3 rings (SSSR count). The SMILES string of the molecule is COc1ccc(N(C(=O)C[NH+]2CC[NH+](C)CC2)c2nccs2)cc1. The molecule has 0 spiro atoms. The second-order valence-electron chi connectivity index (χ2n) is 6.13. The molecule has 2 heterocycles. The Bertz CT molecular complexity index is 652. The van der Waals surface area contributed by atoms with Gasteiger partial charge in [0.05, 0.1) is 19.8 Å². The number of methoxy groups -OCH3 is 1. The first-order valence-corrected chi connectivity index (χ1v) is 9.06. The van der Waals surface area contributed by atoms with E-state index in [0.717, 1.165) is 37.6 Å². The van der Waals surface area contributed by atoms with Crippen LogP contribution in [0, 0.1) is 0 Å². The molecule has 24 heavy (non-hydrogen) atoms. The second-order valence-corrected chi connectivity index (χ2v) is 7.00. The normalized spacial score (nSPS) is 20.6. The summed E-state index contributed by atoms with van der Waals surface area (Å²) < 4.78 is 5.21. The first-order chi connectivity index (χ1) is 11.7. The molecule has 1 amide bonds. The summed E-state index contributed by atoms with van der Waals surface area (Å²) in [6.45, 7) is 4.79. The number of anilines is 2. The lowest BCUT2D eigenvalue weighted by Gasteiger charge is -2.28. The van der Waals surface area contributed by atoms with E-state index in [4.69, 9.17) is 4.74 Å². The number of rotatable bonds is 5. The molecule has 1 fully saturated rings. The van der Waals surface area contributed by atoms with Gasteiger partial charge in [0, 0.05) is 11.6 Å². The summed E-state index contributed by atoms with van der Waals surface area (Å²) in [5, 5.41) is 2.61. The van der Waals surface area contributed by atoms with Crippen LogP contribution in [0.5, 0.6) is 5.75 Å². The van der Waals surface area contributed by atoms with Gasteiger partial charge in [0.25, 0.3) is 5.91 Å². The van der Waals surface area contributed by atoms with E-state index in [0.29, 0.717) is 11.7 Å². The second kappa shape index (κ2) is 7.74. The van der Waals surface area contributed by atoms with Crippen LogP contribution in [0.15, 0.2) is 35.8 Å². The van der Waals surface area contributed by atoms with Crippen molar-refractivity contribution in [3.8, 4) is 5.75 Å². The highest BCUT2D eigenvalue weighted by atomic mass is 32.1. The number of nitrogens with one attached hydrogen (secondary N) is 2. The van der Waals surface area contributed by atoms with Crippen LogP contribution in [-0.4, -0.2) is 57.8 Å². The molecule has 6 nitrogen and oxygen atoms in total. The van der Waals surface area contributed by atoms with Gasteiger partial charge in [-0.1, -0.05) is 0 Å². The molecule has 7 heteroatoms. The average Bonchev–Trinajstić information content (AvgIpc) is 3.12. The highest BCUT2D eigenvalue weighted by molar-refractivity contribution is 7.13. The topological polar surface area (TPSA) is 51.3 Å². The number of hydrogen-bond donors (Lipinski definition) is 2. The van der Waals surface area contributed by atoms with Crippen molar-refractivity contribution in [2.75, 3.05) is 51.8 Å². The third-order valence-electron chi connectivity index (χ3n) is 4.40. The van der Waals surface area contributed by atoms with Gasteiger partial charge in [-0.3, -0.25) is 9.69 Å². The lowest BCUT2D eigenvalue weighted by atomic mass is 10.2. The molecular formula is C17H24N4O2S+2. The van der Waals surface area contributed by atoms with Crippen LogP contribution in [0.25, 0.3) is 0 Å². The predicted molar refractivity (Wildman–Crippen MR) is 94.4 cm³/mol. The van der Waals surface area contributed by atoms with Crippen molar-refractivity contribution in [2.24, 2.45) is 0 Å². The van der Waals surface area contributed by atoms with Crippen molar-refractivity contribution in [1.29, 1.82) is 0 Å². The smallest absolute Gasteiger partial charge is 0.288 e. The van der Waals surface area contributed by atoms with Crippen molar-refractivity contribution in [3.63, 3.8) is 0 Å². The zero-order valence-corrected chi connectivity index (χ0v) is 14.9. The summed E-state index contributed by atoms with van der Waals surface area (Å²) in [5.41, 5.74) is 0.829. The Morgan fingerprint density at radius 2 is 1.96 bits per heavy atom. The van der Waals surface area contributed by atoms with Crippen molar-refractivity contribution in [3.05, 3.63) is 35.8 Å². The van der Waals surface area contributed by atoms with Gasteiger partial charge in [-0.05, 0) is 24.3 Å². The van der Waals surface area contributed by atoms with Crippen LogP contribution in [0.3, 0.4) is 0 Å². The predicted octanol–water partition coefficient (Wildman–Crippen LogP) is -0.770. The molecular weight excluding hydrogens is 324 g/mol. The van der Waals surface area contributed by atoms with Gasteiger partial charge in [0.15, 0.2) is 11.7 Å². The quantitative estimate of drug-likeness (QED) is 0.746.